The van der Waals surface area contributed by atoms with Crippen molar-refractivity contribution < 1.29 is 9.53 Å². The minimum atomic E-state index is -0.189. The molecule has 126 valence electrons. The largest absolute Gasteiger partial charge is 0.375 e. The van der Waals surface area contributed by atoms with Gasteiger partial charge in [0.2, 0.25) is 5.91 Å². The molecule has 0 aliphatic carbocycles. The molecule has 2 N–H and O–H groups in total. The number of halogens is 2. The molecule has 0 aromatic rings. The van der Waals surface area contributed by atoms with E-state index in [9.17, 15) is 4.79 Å². The molecule has 0 aromatic carbocycles. The molecule has 0 radical (unpaired) electrons. The zero-order valence-electron chi connectivity index (χ0n) is 13.0. The molecular weight excluding hydrogens is 313 g/mol. The Hall–Kier alpha value is -0.0700. The Morgan fingerprint density at radius 3 is 2.62 bits per heavy atom. The van der Waals surface area contributed by atoms with Crippen LogP contribution < -0.4 is 10.6 Å². The van der Waals surface area contributed by atoms with Gasteiger partial charge in [-0.3, -0.25) is 4.79 Å². The molecule has 2 aliphatic rings. The Kier molecular flexibility index (Phi) is 10.6. The molecule has 21 heavy (non-hydrogen) atoms. The van der Waals surface area contributed by atoms with Gasteiger partial charge in [-0.15, -0.1) is 24.8 Å². The number of nitrogens with one attached hydrogen (secondary N) is 2. The van der Waals surface area contributed by atoms with Crippen LogP contribution in [0.15, 0.2) is 0 Å². The normalized spacial score (nSPS) is 27.3. The summed E-state index contributed by atoms with van der Waals surface area (Å²) in [5.74, 6) is 0.851. The van der Waals surface area contributed by atoms with Crippen LogP contribution >= 0.6 is 24.8 Å². The molecule has 0 saturated carbocycles. The SMILES string of the molecule is C[C@H]1OCCN[C@@H]1C(=O)NCCC1CCN(C)CC1.Cl.Cl. The highest BCUT2D eigenvalue weighted by Gasteiger charge is 2.28. The van der Waals surface area contributed by atoms with E-state index in [0.717, 1.165) is 25.4 Å². The maximum Gasteiger partial charge on any atom is 0.239 e. The van der Waals surface area contributed by atoms with Crippen molar-refractivity contribution in [1.29, 1.82) is 0 Å². The van der Waals surface area contributed by atoms with E-state index in [1.807, 2.05) is 6.92 Å². The van der Waals surface area contributed by atoms with Crippen molar-refractivity contribution in [3.05, 3.63) is 0 Å². The fourth-order valence-corrected chi connectivity index (χ4v) is 2.89. The van der Waals surface area contributed by atoms with Gasteiger partial charge in [0, 0.05) is 13.1 Å². The smallest absolute Gasteiger partial charge is 0.239 e. The Morgan fingerprint density at radius 2 is 2.00 bits per heavy atom. The first-order valence-electron chi connectivity index (χ1n) is 7.48. The molecular formula is C14H29Cl2N3O2. The first-order valence-corrected chi connectivity index (χ1v) is 7.48. The summed E-state index contributed by atoms with van der Waals surface area (Å²) in [6.45, 7) is 6.57. The van der Waals surface area contributed by atoms with Gasteiger partial charge in [-0.05, 0) is 52.2 Å². The molecule has 0 bridgehead atoms. The van der Waals surface area contributed by atoms with Crippen molar-refractivity contribution in [2.75, 3.05) is 39.8 Å². The molecule has 2 saturated heterocycles. The third-order valence-corrected chi connectivity index (χ3v) is 4.29. The average Bonchev–Trinajstić information content (AvgIpc) is 2.41. The van der Waals surface area contributed by atoms with Gasteiger partial charge in [0.05, 0.1) is 12.7 Å². The molecule has 1 amide bonds. The summed E-state index contributed by atoms with van der Waals surface area (Å²) in [5, 5.41) is 6.27. The Balaban J connectivity index is 0.00000200. The van der Waals surface area contributed by atoms with Gasteiger partial charge in [-0.1, -0.05) is 0 Å². The van der Waals surface area contributed by atoms with Crippen molar-refractivity contribution in [2.24, 2.45) is 5.92 Å². The van der Waals surface area contributed by atoms with Crippen LogP contribution in [0.1, 0.15) is 26.2 Å². The lowest BCUT2D eigenvalue weighted by atomic mass is 9.94. The predicted octanol–water partition coefficient (Wildman–Crippen LogP) is 1.05. The molecule has 7 heteroatoms. The number of carbonyl (C=O) groups excluding carboxylic acids is 1. The van der Waals surface area contributed by atoms with Crippen molar-refractivity contribution in [2.45, 2.75) is 38.3 Å². The van der Waals surface area contributed by atoms with Gasteiger partial charge >= 0.3 is 0 Å². The maximum absolute atomic E-state index is 12.0. The van der Waals surface area contributed by atoms with E-state index >= 15 is 0 Å². The van der Waals surface area contributed by atoms with E-state index in [1.54, 1.807) is 0 Å². The van der Waals surface area contributed by atoms with E-state index < -0.39 is 0 Å². The number of piperidine rings is 1. The molecule has 2 rings (SSSR count). The van der Waals surface area contributed by atoms with Crippen LogP contribution in [0.3, 0.4) is 0 Å². The van der Waals surface area contributed by atoms with Crippen molar-refractivity contribution in [3.63, 3.8) is 0 Å². The zero-order valence-corrected chi connectivity index (χ0v) is 14.6. The topological polar surface area (TPSA) is 53.6 Å². The van der Waals surface area contributed by atoms with Crippen molar-refractivity contribution in [3.8, 4) is 0 Å². The van der Waals surface area contributed by atoms with E-state index in [-0.39, 0.29) is 42.9 Å². The number of hydrogen-bond donors (Lipinski definition) is 2. The molecule has 0 spiro atoms. The van der Waals surface area contributed by atoms with Crippen LogP contribution in [0.5, 0.6) is 0 Å². The van der Waals surface area contributed by atoms with Crippen molar-refractivity contribution in [1.82, 2.24) is 15.5 Å². The van der Waals surface area contributed by atoms with Gasteiger partial charge in [0.1, 0.15) is 6.04 Å². The van der Waals surface area contributed by atoms with Crippen LogP contribution in [0.25, 0.3) is 0 Å². The lowest BCUT2D eigenvalue weighted by Crippen LogP contribution is -2.55. The summed E-state index contributed by atoms with van der Waals surface area (Å²) < 4.78 is 5.49. The van der Waals surface area contributed by atoms with Crippen molar-refractivity contribution >= 4 is 30.7 Å². The molecule has 2 atom stereocenters. The lowest BCUT2D eigenvalue weighted by Gasteiger charge is -2.30. The zero-order chi connectivity index (χ0) is 13.7. The first kappa shape index (κ1) is 20.9. The minimum absolute atomic E-state index is 0. The number of rotatable bonds is 4. The Labute approximate surface area is 140 Å². The maximum atomic E-state index is 12.0. The second kappa shape index (κ2) is 10.6. The highest BCUT2D eigenvalue weighted by atomic mass is 35.5. The van der Waals surface area contributed by atoms with Gasteiger partial charge < -0.3 is 20.3 Å². The molecule has 2 aliphatic heterocycles. The number of likely N-dealkylation sites (tertiary alicyclic amines) is 1. The quantitative estimate of drug-likeness (QED) is 0.802. The van der Waals surface area contributed by atoms with E-state index in [1.165, 1.54) is 25.9 Å². The van der Waals surface area contributed by atoms with Gasteiger partial charge in [-0.25, -0.2) is 0 Å². The first-order chi connectivity index (χ1) is 9.16. The van der Waals surface area contributed by atoms with Crippen LogP contribution in [-0.4, -0.2) is 62.8 Å². The van der Waals surface area contributed by atoms with E-state index in [0.29, 0.717) is 6.61 Å². The number of morpholine rings is 1. The summed E-state index contributed by atoms with van der Waals surface area (Å²) in [7, 11) is 2.17. The highest BCUT2D eigenvalue weighted by molar-refractivity contribution is 5.85. The third-order valence-electron chi connectivity index (χ3n) is 4.29. The van der Waals surface area contributed by atoms with Crippen LogP contribution in [0.2, 0.25) is 0 Å². The fraction of sp³-hybridized carbons (Fsp3) is 0.929. The van der Waals surface area contributed by atoms with E-state index in [4.69, 9.17) is 4.74 Å². The molecule has 0 aromatic heterocycles. The van der Waals surface area contributed by atoms with Crippen LogP contribution in [0.4, 0.5) is 0 Å². The summed E-state index contributed by atoms with van der Waals surface area (Å²) in [5.41, 5.74) is 0. The molecule has 0 unspecified atom stereocenters. The number of carbonyl (C=O) groups is 1. The third kappa shape index (κ3) is 6.70. The minimum Gasteiger partial charge on any atom is -0.375 e. The van der Waals surface area contributed by atoms with Crippen LogP contribution in [0, 0.1) is 5.92 Å². The predicted molar refractivity (Wildman–Crippen MR) is 89.5 cm³/mol. The summed E-state index contributed by atoms with van der Waals surface area (Å²) in [6.07, 6.45) is 3.58. The highest BCUT2D eigenvalue weighted by Crippen LogP contribution is 2.18. The average molecular weight is 342 g/mol. The summed E-state index contributed by atoms with van der Waals surface area (Å²) in [4.78, 5) is 14.4. The van der Waals surface area contributed by atoms with Gasteiger partial charge in [0.15, 0.2) is 0 Å². The van der Waals surface area contributed by atoms with Gasteiger partial charge in [-0.2, -0.15) is 0 Å². The molecule has 2 heterocycles. The number of ether oxygens (including phenoxy) is 1. The Bertz CT molecular complexity index is 300. The van der Waals surface area contributed by atoms with E-state index in [2.05, 4.69) is 22.6 Å². The van der Waals surface area contributed by atoms with Crippen LogP contribution in [-0.2, 0) is 9.53 Å². The number of hydrogen-bond acceptors (Lipinski definition) is 4. The summed E-state index contributed by atoms with van der Waals surface area (Å²) >= 11 is 0. The fourth-order valence-electron chi connectivity index (χ4n) is 2.89. The second-order valence-electron chi connectivity index (χ2n) is 5.83. The molecule has 2 fully saturated rings. The number of nitrogens with zero attached hydrogens (tertiary/aromatic N) is 1. The standard InChI is InChI=1S/C14H27N3O2.2ClH/c1-11-13(15-7-10-19-11)14(18)16-6-3-12-4-8-17(2)9-5-12;;/h11-13,15H,3-10H2,1-2H3,(H,16,18);2*1H/t11-,13+;;/m1../s1. The number of amides is 1. The Morgan fingerprint density at radius 1 is 1.33 bits per heavy atom. The second-order valence-corrected chi connectivity index (χ2v) is 5.83. The summed E-state index contributed by atoms with van der Waals surface area (Å²) in [6, 6.07) is -0.189. The molecule has 5 nitrogen and oxygen atoms in total. The monoisotopic (exact) mass is 341 g/mol. The lowest BCUT2D eigenvalue weighted by molar-refractivity contribution is -0.128. The van der Waals surface area contributed by atoms with Gasteiger partial charge in [0.25, 0.3) is 0 Å².